The molecule has 0 N–H and O–H groups in total. The number of nitrogens with zero attached hydrogens (tertiary/aromatic N) is 6. The van der Waals surface area contributed by atoms with Crippen LogP contribution in [0.4, 0.5) is 10.3 Å². The summed E-state index contributed by atoms with van der Waals surface area (Å²) in [5, 5.41) is 8.92. The number of aromatic nitrogens is 4. The van der Waals surface area contributed by atoms with Gasteiger partial charge in [-0.05, 0) is 18.2 Å². The number of ether oxygens (including phenoxy) is 1. The molecule has 8 nitrogen and oxygen atoms in total. The summed E-state index contributed by atoms with van der Waals surface area (Å²) in [5.41, 5.74) is 1.38. The number of halogens is 1. The van der Waals surface area contributed by atoms with E-state index in [1.807, 2.05) is 11.0 Å². The number of nitriles is 1. The van der Waals surface area contributed by atoms with Crippen LogP contribution in [0.1, 0.15) is 17.2 Å². The minimum absolute atomic E-state index is 0.226. The van der Waals surface area contributed by atoms with Gasteiger partial charge in [0.15, 0.2) is 0 Å². The third-order valence-electron chi connectivity index (χ3n) is 4.78. The normalized spacial score (nSPS) is 16.4. The molecule has 1 fully saturated rings. The van der Waals surface area contributed by atoms with Crippen molar-refractivity contribution in [2.45, 2.75) is 6.10 Å². The highest BCUT2D eigenvalue weighted by molar-refractivity contribution is 5.55. The fraction of sp³-hybridized carbons (Fsp3) is 0.250. The van der Waals surface area contributed by atoms with Gasteiger partial charge in [0, 0.05) is 31.4 Å². The second-order valence-electron chi connectivity index (χ2n) is 6.59. The molecule has 0 amide bonds. The van der Waals surface area contributed by atoms with Gasteiger partial charge in [-0.15, -0.1) is 0 Å². The smallest absolute Gasteiger partial charge is 0.255 e. The predicted octanol–water partition coefficient (Wildman–Crippen LogP) is 1.83. The zero-order valence-corrected chi connectivity index (χ0v) is 15.6. The maximum Gasteiger partial charge on any atom is 0.255 e. The van der Waals surface area contributed by atoms with Crippen LogP contribution in [-0.4, -0.2) is 39.2 Å². The van der Waals surface area contributed by atoms with Gasteiger partial charge in [0.1, 0.15) is 18.2 Å². The summed E-state index contributed by atoms with van der Waals surface area (Å²) in [5.74, 6) is -0.0408. The standard InChI is InChI=1S/C20H17FN6O2/c1-26-19(28)9-17(16-4-5-23-12-24-16)25-20(26)27-6-7-29-18(11-27)14-3-2-13(10-22)8-15(14)21/h2-5,8-9,12,18H,6-7,11H2,1H3/t18-/m1/s1. The Hall–Kier alpha value is -3.64. The fourth-order valence-electron chi connectivity index (χ4n) is 3.26. The Morgan fingerprint density at radius 2 is 2.14 bits per heavy atom. The Labute approximate surface area is 165 Å². The summed E-state index contributed by atoms with van der Waals surface area (Å²) in [6.07, 6.45) is 2.43. The van der Waals surface area contributed by atoms with Gasteiger partial charge in [-0.1, -0.05) is 6.07 Å². The van der Waals surface area contributed by atoms with Crippen LogP contribution in [0.2, 0.25) is 0 Å². The van der Waals surface area contributed by atoms with E-state index < -0.39 is 11.9 Å². The molecule has 3 aromatic rings. The molecular weight excluding hydrogens is 375 g/mol. The lowest BCUT2D eigenvalue weighted by Crippen LogP contribution is -2.42. The highest BCUT2D eigenvalue weighted by atomic mass is 19.1. The van der Waals surface area contributed by atoms with Crippen LogP contribution in [0.15, 0.2) is 47.7 Å². The highest BCUT2D eigenvalue weighted by Gasteiger charge is 2.27. The maximum atomic E-state index is 14.4. The lowest BCUT2D eigenvalue weighted by atomic mass is 10.0. The van der Waals surface area contributed by atoms with Gasteiger partial charge < -0.3 is 9.64 Å². The lowest BCUT2D eigenvalue weighted by molar-refractivity contribution is 0.0367. The lowest BCUT2D eigenvalue weighted by Gasteiger charge is -2.34. The average Bonchev–Trinajstić information content (AvgIpc) is 2.76. The molecule has 0 saturated carbocycles. The van der Waals surface area contributed by atoms with E-state index in [0.717, 1.165) is 0 Å². The third-order valence-corrected chi connectivity index (χ3v) is 4.78. The van der Waals surface area contributed by atoms with Crippen LogP contribution in [0.3, 0.4) is 0 Å². The predicted molar refractivity (Wildman–Crippen MR) is 103 cm³/mol. The Morgan fingerprint density at radius 3 is 2.86 bits per heavy atom. The molecule has 1 atom stereocenters. The largest absolute Gasteiger partial charge is 0.370 e. The minimum Gasteiger partial charge on any atom is -0.370 e. The summed E-state index contributed by atoms with van der Waals surface area (Å²) in [4.78, 5) is 27.0. The molecule has 0 radical (unpaired) electrons. The zero-order valence-electron chi connectivity index (χ0n) is 15.6. The van der Waals surface area contributed by atoms with E-state index in [1.165, 1.54) is 23.0 Å². The van der Waals surface area contributed by atoms with Crippen LogP contribution < -0.4 is 10.5 Å². The Morgan fingerprint density at radius 1 is 1.28 bits per heavy atom. The first kappa shape index (κ1) is 18.7. The number of hydrogen-bond donors (Lipinski definition) is 0. The molecule has 0 spiro atoms. The number of morpholine rings is 1. The zero-order chi connectivity index (χ0) is 20.4. The van der Waals surface area contributed by atoms with Crippen LogP contribution in [-0.2, 0) is 11.8 Å². The van der Waals surface area contributed by atoms with Crippen molar-refractivity contribution in [2.24, 2.45) is 7.05 Å². The average molecular weight is 392 g/mol. The Bertz CT molecular complexity index is 1140. The van der Waals surface area contributed by atoms with E-state index in [9.17, 15) is 9.18 Å². The molecule has 146 valence electrons. The van der Waals surface area contributed by atoms with Crippen molar-refractivity contribution in [3.8, 4) is 17.5 Å². The molecule has 3 heterocycles. The Kier molecular flexibility index (Phi) is 5.01. The first-order chi connectivity index (χ1) is 14.1. The van der Waals surface area contributed by atoms with Crippen molar-refractivity contribution in [3.63, 3.8) is 0 Å². The van der Waals surface area contributed by atoms with Crippen molar-refractivity contribution in [1.82, 2.24) is 19.5 Å². The van der Waals surface area contributed by atoms with Crippen LogP contribution in [0.25, 0.3) is 11.4 Å². The van der Waals surface area contributed by atoms with Crippen LogP contribution in [0.5, 0.6) is 0 Å². The summed E-state index contributed by atoms with van der Waals surface area (Å²) in [6.45, 7) is 1.16. The molecule has 2 aromatic heterocycles. The quantitative estimate of drug-likeness (QED) is 0.671. The van der Waals surface area contributed by atoms with Gasteiger partial charge in [0.25, 0.3) is 5.56 Å². The van der Waals surface area contributed by atoms with Gasteiger partial charge in [0.05, 0.1) is 36.2 Å². The van der Waals surface area contributed by atoms with Crippen molar-refractivity contribution >= 4 is 5.95 Å². The molecule has 9 heteroatoms. The van der Waals surface area contributed by atoms with Crippen molar-refractivity contribution in [1.29, 1.82) is 5.26 Å². The first-order valence-electron chi connectivity index (χ1n) is 8.97. The highest BCUT2D eigenvalue weighted by Crippen LogP contribution is 2.27. The molecule has 1 aromatic carbocycles. The summed E-state index contributed by atoms with van der Waals surface area (Å²) < 4.78 is 21.6. The van der Waals surface area contributed by atoms with Gasteiger partial charge in [-0.3, -0.25) is 9.36 Å². The molecule has 1 aliphatic rings. The SMILES string of the molecule is Cn1c(N2CCO[C@@H](c3ccc(C#N)cc3F)C2)nc(-c2ccncn2)cc1=O. The maximum absolute atomic E-state index is 14.4. The van der Waals surface area contributed by atoms with E-state index in [4.69, 9.17) is 10.00 Å². The monoisotopic (exact) mass is 392 g/mol. The topological polar surface area (TPSA) is 96.9 Å². The van der Waals surface area contributed by atoms with Gasteiger partial charge in [-0.2, -0.15) is 5.26 Å². The summed E-state index contributed by atoms with van der Waals surface area (Å²) >= 11 is 0. The van der Waals surface area contributed by atoms with Crippen LogP contribution in [0, 0.1) is 17.1 Å². The van der Waals surface area contributed by atoms with Crippen LogP contribution >= 0.6 is 0 Å². The number of hydrogen-bond acceptors (Lipinski definition) is 7. The number of anilines is 1. The molecule has 0 bridgehead atoms. The Balaban J connectivity index is 1.67. The van der Waals surface area contributed by atoms with Gasteiger partial charge >= 0.3 is 0 Å². The van der Waals surface area contributed by atoms with Gasteiger partial charge in [-0.25, -0.2) is 19.3 Å². The second-order valence-corrected chi connectivity index (χ2v) is 6.59. The second kappa shape index (κ2) is 7.77. The van der Waals surface area contributed by atoms with Crippen molar-refractivity contribution in [3.05, 3.63) is 70.2 Å². The van der Waals surface area contributed by atoms with E-state index in [-0.39, 0.29) is 11.1 Å². The third kappa shape index (κ3) is 3.70. The van der Waals surface area contributed by atoms with E-state index in [1.54, 1.807) is 31.4 Å². The minimum atomic E-state index is -0.545. The molecule has 1 saturated heterocycles. The fourth-order valence-corrected chi connectivity index (χ4v) is 3.26. The van der Waals surface area contributed by atoms with E-state index >= 15 is 0 Å². The molecule has 1 aliphatic heterocycles. The van der Waals surface area contributed by atoms with E-state index in [0.29, 0.717) is 42.6 Å². The number of benzene rings is 1. The molecule has 4 rings (SSSR count). The molecular formula is C20H17FN6O2. The molecule has 29 heavy (non-hydrogen) atoms. The first-order valence-corrected chi connectivity index (χ1v) is 8.97. The number of rotatable bonds is 3. The van der Waals surface area contributed by atoms with E-state index in [2.05, 4.69) is 15.0 Å². The van der Waals surface area contributed by atoms with Crippen molar-refractivity contribution < 1.29 is 9.13 Å². The van der Waals surface area contributed by atoms with Gasteiger partial charge in [0.2, 0.25) is 5.95 Å². The summed E-state index contributed by atoms with van der Waals surface area (Å²) in [6, 6.07) is 9.34. The summed E-state index contributed by atoms with van der Waals surface area (Å²) in [7, 11) is 1.64. The van der Waals surface area contributed by atoms with Crippen molar-refractivity contribution in [2.75, 3.05) is 24.6 Å². The molecule has 0 aliphatic carbocycles. The molecule has 0 unspecified atom stereocenters.